The zero-order chi connectivity index (χ0) is 39.9. The maximum Gasteiger partial charge on any atom is 0.271 e. The summed E-state index contributed by atoms with van der Waals surface area (Å²) in [6.07, 6.45) is 7.29. The Bertz CT molecular complexity index is 2320. The van der Waals surface area contributed by atoms with E-state index in [2.05, 4.69) is 56.8 Å². The molecular formula is C39H48FN13O3. The molecule has 2 atom stereocenters. The predicted octanol–water partition coefficient (Wildman–Crippen LogP) is 4.05. The second kappa shape index (κ2) is 14.8. The van der Waals surface area contributed by atoms with Gasteiger partial charge in [0.2, 0.25) is 11.9 Å². The molecule has 1 aromatic carbocycles. The lowest BCUT2D eigenvalue weighted by Gasteiger charge is -2.38. The molecule has 2 fully saturated rings. The summed E-state index contributed by atoms with van der Waals surface area (Å²) in [7, 11) is 5.12. The van der Waals surface area contributed by atoms with Crippen molar-refractivity contribution in [1.82, 2.24) is 54.8 Å². The number of aryl methyl sites for hydroxylation is 2. The number of anilines is 3. The van der Waals surface area contributed by atoms with Gasteiger partial charge >= 0.3 is 0 Å². The summed E-state index contributed by atoms with van der Waals surface area (Å²) in [5.74, 6) is 0.397. The topological polar surface area (TPSA) is 176 Å². The normalized spacial score (nSPS) is 19.3. The van der Waals surface area contributed by atoms with Crippen LogP contribution in [0.4, 0.5) is 21.8 Å². The maximum absolute atomic E-state index is 15.9. The fraction of sp³-hybridized carbons (Fsp3) is 0.410. The van der Waals surface area contributed by atoms with Crippen molar-refractivity contribution in [2.24, 2.45) is 19.5 Å². The number of piperazine rings is 1. The number of hydrogen-bond donors (Lipinski definition) is 4. The van der Waals surface area contributed by atoms with Gasteiger partial charge in [0, 0.05) is 44.0 Å². The number of carbonyl (C=O) groups excluding carboxylic acids is 2. The average Bonchev–Trinajstić information content (AvgIpc) is 3.93. The van der Waals surface area contributed by atoms with E-state index in [1.165, 1.54) is 7.11 Å². The van der Waals surface area contributed by atoms with Gasteiger partial charge in [-0.05, 0) is 31.6 Å². The third-order valence-corrected chi connectivity index (χ3v) is 9.88. The van der Waals surface area contributed by atoms with Crippen LogP contribution in [-0.2, 0) is 29.1 Å². The summed E-state index contributed by atoms with van der Waals surface area (Å²) in [4.78, 5) is 53.2. The van der Waals surface area contributed by atoms with E-state index in [1.54, 1.807) is 60.0 Å². The van der Waals surface area contributed by atoms with Crippen LogP contribution >= 0.6 is 0 Å². The van der Waals surface area contributed by atoms with Crippen LogP contribution in [0.15, 0.2) is 60.6 Å². The van der Waals surface area contributed by atoms with Crippen molar-refractivity contribution in [3.63, 3.8) is 0 Å². The highest BCUT2D eigenvalue weighted by Crippen LogP contribution is 2.32. The van der Waals surface area contributed by atoms with Gasteiger partial charge in [0.15, 0.2) is 17.0 Å². The summed E-state index contributed by atoms with van der Waals surface area (Å²) in [5.41, 5.74) is 3.85. The molecular weight excluding hydrogens is 718 g/mol. The lowest BCUT2D eigenvalue weighted by Crippen LogP contribution is -2.53. The van der Waals surface area contributed by atoms with Crippen molar-refractivity contribution in [2.75, 3.05) is 43.5 Å². The number of aromatic nitrogens is 8. The van der Waals surface area contributed by atoms with Gasteiger partial charge in [-0.25, -0.2) is 14.4 Å². The molecule has 56 heavy (non-hydrogen) atoms. The first kappa shape index (κ1) is 38.0. The second-order valence-corrected chi connectivity index (χ2v) is 16.0. The standard InChI is InChI=1S/C39H48FN13O3/c1-38(2,3)31-26(41-21-42-31)15-29-34(54)44-24(14-23-12-10-9-11-13-23)16-53(29)20-39(4,5)36(55)46-27-19-52(17-25(27)40)37-47-32(30-33(48-37)50(6)22-43-30)45-28-18-51(7)49-35(28)56-8/h9-15,18,21-22,25,27H,16-17,19-20H2,1-8H3,(H,41,42)(H,44,54)(H,46,55)(H,45,47,48)/b24-14-,29-15-/t25-,27-/m1/s1. The van der Waals surface area contributed by atoms with Crippen LogP contribution < -0.4 is 25.6 Å². The molecule has 0 saturated carbocycles. The Morgan fingerprint density at radius 1 is 1.07 bits per heavy atom. The van der Waals surface area contributed by atoms with Gasteiger partial charge in [0.05, 0.1) is 56.2 Å². The van der Waals surface area contributed by atoms with Crippen LogP contribution in [0, 0.1) is 5.41 Å². The summed E-state index contributed by atoms with van der Waals surface area (Å²) >= 11 is 0. The van der Waals surface area contributed by atoms with E-state index in [9.17, 15) is 9.59 Å². The van der Waals surface area contributed by atoms with Crippen molar-refractivity contribution >= 4 is 52.6 Å². The molecule has 6 heterocycles. The van der Waals surface area contributed by atoms with Gasteiger partial charge < -0.3 is 40.0 Å². The van der Waals surface area contributed by atoms with Gasteiger partial charge in [-0.1, -0.05) is 51.1 Å². The van der Waals surface area contributed by atoms with Crippen LogP contribution in [0.5, 0.6) is 5.88 Å². The highest BCUT2D eigenvalue weighted by atomic mass is 19.1. The smallest absolute Gasteiger partial charge is 0.271 e. The second-order valence-electron chi connectivity index (χ2n) is 16.0. The highest BCUT2D eigenvalue weighted by molar-refractivity contribution is 6.00. The lowest BCUT2D eigenvalue weighted by atomic mass is 9.89. The fourth-order valence-corrected chi connectivity index (χ4v) is 6.99. The third kappa shape index (κ3) is 7.79. The summed E-state index contributed by atoms with van der Waals surface area (Å²) < 4.78 is 24.7. The lowest BCUT2D eigenvalue weighted by molar-refractivity contribution is -0.132. The monoisotopic (exact) mass is 765 g/mol. The molecule has 5 aromatic rings. The molecule has 7 rings (SSSR count). The number of nitrogens with one attached hydrogen (secondary N) is 4. The van der Waals surface area contributed by atoms with E-state index in [1.807, 2.05) is 48.4 Å². The van der Waals surface area contributed by atoms with Crippen molar-refractivity contribution in [3.05, 3.63) is 77.5 Å². The maximum atomic E-state index is 15.9. The van der Waals surface area contributed by atoms with Crippen LogP contribution in [0.2, 0.25) is 0 Å². The van der Waals surface area contributed by atoms with E-state index in [4.69, 9.17) is 14.7 Å². The SMILES string of the molecule is COc1nn(C)cc1Nc1nc(N2C[C@@H](F)[C@H](NC(=O)C(C)(C)CN3C/C(=C/c4ccccc4)NC(=O)/C3=C/c3nc[nH]c3C(C)(C)C)C2)nc2c1ncn2C. The number of imidazole rings is 2. The summed E-state index contributed by atoms with van der Waals surface area (Å²) in [6.45, 7) is 10.4. The number of rotatable bonds is 10. The Labute approximate surface area is 324 Å². The molecule has 2 aliphatic heterocycles. The third-order valence-electron chi connectivity index (χ3n) is 9.88. The zero-order valence-electron chi connectivity index (χ0n) is 32.9. The molecule has 294 valence electrons. The van der Waals surface area contributed by atoms with Crippen molar-refractivity contribution in [3.8, 4) is 5.88 Å². The molecule has 0 spiro atoms. The number of halogens is 1. The Morgan fingerprint density at radius 2 is 1.84 bits per heavy atom. The van der Waals surface area contributed by atoms with E-state index in [-0.39, 0.29) is 42.8 Å². The Morgan fingerprint density at radius 3 is 2.57 bits per heavy atom. The molecule has 2 saturated heterocycles. The van der Waals surface area contributed by atoms with Gasteiger partial charge in [-0.15, -0.1) is 5.10 Å². The quantitative estimate of drug-likeness (QED) is 0.151. The molecule has 4 aromatic heterocycles. The van der Waals surface area contributed by atoms with Gasteiger partial charge in [0.1, 0.15) is 17.6 Å². The van der Waals surface area contributed by atoms with Gasteiger partial charge in [-0.2, -0.15) is 9.97 Å². The molecule has 0 bridgehead atoms. The first-order valence-electron chi connectivity index (χ1n) is 18.4. The fourth-order valence-electron chi connectivity index (χ4n) is 6.99. The number of amides is 2. The summed E-state index contributed by atoms with van der Waals surface area (Å²) in [6, 6.07) is 8.87. The largest absolute Gasteiger partial charge is 0.478 e. The van der Waals surface area contributed by atoms with E-state index in [0.29, 0.717) is 52.2 Å². The number of carbonyl (C=O) groups is 2. The first-order chi connectivity index (χ1) is 26.6. The first-order valence-corrected chi connectivity index (χ1v) is 18.4. The van der Waals surface area contributed by atoms with Crippen molar-refractivity contribution in [2.45, 2.75) is 52.2 Å². The molecule has 2 aliphatic rings. The molecule has 2 amide bonds. The number of fused-ring (bicyclic) bond motifs is 1. The van der Waals surface area contributed by atoms with E-state index < -0.39 is 17.6 Å². The minimum Gasteiger partial charge on any atom is -0.478 e. The number of benzene rings is 1. The Balaban J connectivity index is 1.11. The average molecular weight is 766 g/mol. The van der Waals surface area contributed by atoms with E-state index in [0.717, 1.165) is 11.3 Å². The predicted molar refractivity (Wildman–Crippen MR) is 212 cm³/mol. The molecule has 16 nitrogen and oxygen atoms in total. The number of alkyl halides is 1. The molecule has 4 N–H and O–H groups in total. The number of aromatic amines is 1. The number of ether oxygens (including phenoxy) is 1. The highest BCUT2D eigenvalue weighted by Gasteiger charge is 2.41. The number of hydrogen-bond acceptors (Lipinski definition) is 11. The van der Waals surface area contributed by atoms with Crippen LogP contribution in [0.25, 0.3) is 23.3 Å². The van der Waals surface area contributed by atoms with Crippen LogP contribution in [-0.4, -0.2) is 101 Å². The zero-order valence-corrected chi connectivity index (χ0v) is 32.9. The molecule has 0 aliphatic carbocycles. The van der Waals surface area contributed by atoms with Crippen molar-refractivity contribution < 1.29 is 18.7 Å². The minimum absolute atomic E-state index is 0.0308. The van der Waals surface area contributed by atoms with Crippen LogP contribution in [0.3, 0.4) is 0 Å². The molecule has 0 unspecified atom stereocenters. The molecule has 17 heteroatoms. The van der Waals surface area contributed by atoms with Crippen LogP contribution in [0.1, 0.15) is 51.6 Å². The van der Waals surface area contributed by atoms with Gasteiger partial charge in [0.25, 0.3) is 11.8 Å². The van der Waals surface area contributed by atoms with Gasteiger partial charge in [-0.3, -0.25) is 14.3 Å². The Hall–Kier alpha value is -6.26. The number of H-pyrrole nitrogens is 1. The number of nitrogens with zero attached hydrogens (tertiary/aromatic N) is 9. The molecule has 0 radical (unpaired) electrons. The minimum atomic E-state index is -1.40. The van der Waals surface area contributed by atoms with E-state index >= 15 is 4.39 Å². The summed E-state index contributed by atoms with van der Waals surface area (Å²) in [5, 5.41) is 13.6. The Kier molecular flexibility index (Phi) is 10.0. The number of methoxy groups -OCH3 is 1. The van der Waals surface area contributed by atoms with Crippen molar-refractivity contribution in [1.29, 1.82) is 0 Å².